The second-order valence-corrected chi connectivity index (χ2v) is 5.99. The van der Waals surface area contributed by atoms with Gasteiger partial charge in [-0.25, -0.2) is 9.59 Å². The summed E-state index contributed by atoms with van der Waals surface area (Å²) in [6.45, 7) is 2.19. The Morgan fingerprint density at radius 3 is 2.50 bits per heavy atom. The van der Waals surface area contributed by atoms with Gasteiger partial charge in [-0.2, -0.15) is 0 Å². The van der Waals surface area contributed by atoms with E-state index < -0.39 is 17.7 Å². The first-order valence-electron chi connectivity index (χ1n) is 8.29. The molecule has 0 aliphatic carbocycles. The zero-order chi connectivity index (χ0) is 18.9. The average Bonchev–Trinajstić information content (AvgIpc) is 2.59. The summed E-state index contributed by atoms with van der Waals surface area (Å²) in [6.07, 6.45) is 0.792. The predicted molar refractivity (Wildman–Crippen MR) is 99.5 cm³/mol. The van der Waals surface area contributed by atoms with Gasteiger partial charge in [-0.15, -0.1) is 0 Å². The van der Waals surface area contributed by atoms with Crippen LogP contribution in [0.25, 0.3) is 0 Å². The van der Waals surface area contributed by atoms with E-state index in [0.717, 1.165) is 19.5 Å². The van der Waals surface area contributed by atoms with E-state index in [1.807, 2.05) is 25.2 Å². The summed E-state index contributed by atoms with van der Waals surface area (Å²) in [7, 11) is 2.03. The molecular weight excluding hydrogens is 334 g/mol. The standard InChI is InChI=1S/C19H23N3O4/c1-22(13-14-6-3-2-4-7-14)11-5-10-20-19(26)21-15-8-9-16(18(24)25)17(23)12-15/h2-4,6-9,12,23H,5,10-11,13H2,1H3,(H,24,25)(H2,20,21,26). The Labute approximate surface area is 152 Å². The zero-order valence-electron chi connectivity index (χ0n) is 14.6. The molecule has 0 aliphatic rings. The van der Waals surface area contributed by atoms with Crippen LogP contribution in [0.15, 0.2) is 48.5 Å². The maximum atomic E-state index is 11.8. The molecule has 7 heteroatoms. The van der Waals surface area contributed by atoms with Gasteiger partial charge in [0, 0.05) is 24.8 Å². The Hall–Kier alpha value is -3.06. The second-order valence-electron chi connectivity index (χ2n) is 5.99. The summed E-state index contributed by atoms with van der Waals surface area (Å²) in [5, 5.41) is 23.8. The van der Waals surface area contributed by atoms with Gasteiger partial charge in [0.25, 0.3) is 0 Å². The molecule has 0 fully saturated rings. The highest BCUT2D eigenvalue weighted by molar-refractivity contribution is 5.93. The lowest BCUT2D eigenvalue weighted by molar-refractivity contribution is 0.0694. The van der Waals surface area contributed by atoms with Crippen LogP contribution in [0, 0.1) is 0 Å². The first-order chi connectivity index (χ1) is 12.5. The molecule has 0 radical (unpaired) electrons. The molecular formula is C19H23N3O4. The minimum atomic E-state index is -1.22. The molecule has 2 amide bonds. The van der Waals surface area contributed by atoms with Gasteiger partial charge in [0.2, 0.25) is 0 Å². The third kappa shape index (κ3) is 6.10. The first-order valence-corrected chi connectivity index (χ1v) is 8.29. The van der Waals surface area contributed by atoms with Crippen molar-refractivity contribution in [2.24, 2.45) is 0 Å². The molecule has 0 atom stereocenters. The molecule has 0 heterocycles. The van der Waals surface area contributed by atoms with Crippen LogP contribution in [0.5, 0.6) is 5.75 Å². The molecule has 4 N–H and O–H groups in total. The quantitative estimate of drug-likeness (QED) is 0.544. The second kappa shape index (κ2) is 9.43. The lowest BCUT2D eigenvalue weighted by atomic mass is 10.2. The van der Waals surface area contributed by atoms with Crippen LogP contribution in [-0.4, -0.2) is 47.3 Å². The number of urea groups is 1. The van der Waals surface area contributed by atoms with Gasteiger partial charge in [-0.3, -0.25) is 0 Å². The van der Waals surface area contributed by atoms with Crippen LogP contribution in [0.3, 0.4) is 0 Å². The SMILES string of the molecule is CN(CCCNC(=O)Nc1ccc(C(=O)O)c(O)c1)Cc1ccccc1. The van der Waals surface area contributed by atoms with Gasteiger partial charge in [0.15, 0.2) is 0 Å². The third-order valence-corrected chi connectivity index (χ3v) is 3.78. The number of carbonyl (C=O) groups excluding carboxylic acids is 1. The van der Waals surface area contributed by atoms with Crippen molar-refractivity contribution in [1.29, 1.82) is 0 Å². The van der Waals surface area contributed by atoms with Crippen molar-refractivity contribution in [3.8, 4) is 5.75 Å². The third-order valence-electron chi connectivity index (χ3n) is 3.78. The Bertz CT molecular complexity index is 750. The number of nitrogens with one attached hydrogen (secondary N) is 2. The van der Waals surface area contributed by atoms with E-state index in [0.29, 0.717) is 12.2 Å². The highest BCUT2D eigenvalue weighted by Gasteiger charge is 2.10. The number of anilines is 1. The molecule has 0 saturated carbocycles. The van der Waals surface area contributed by atoms with Crippen molar-refractivity contribution >= 4 is 17.7 Å². The van der Waals surface area contributed by atoms with Gasteiger partial charge >= 0.3 is 12.0 Å². The van der Waals surface area contributed by atoms with E-state index in [-0.39, 0.29) is 5.56 Å². The summed E-state index contributed by atoms with van der Waals surface area (Å²) >= 11 is 0. The molecule has 0 spiro atoms. The molecule has 2 rings (SSSR count). The van der Waals surface area contributed by atoms with Gasteiger partial charge in [0.1, 0.15) is 11.3 Å². The zero-order valence-corrected chi connectivity index (χ0v) is 14.6. The monoisotopic (exact) mass is 357 g/mol. The normalized spacial score (nSPS) is 10.5. The van der Waals surface area contributed by atoms with Crippen molar-refractivity contribution in [1.82, 2.24) is 10.2 Å². The van der Waals surface area contributed by atoms with Crippen molar-refractivity contribution < 1.29 is 19.8 Å². The summed E-state index contributed by atoms with van der Waals surface area (Å²) in [5.74, 6) is -1.61. The number of aromatic hydroxyl groups is 1. The number of hydrogen-bond donors (Lipinski definition) is 4. The molecule has 2 aromatic rings. The number of carboxylic acid groups (broad SMARTS) is 1. The van der Waals surface area contributed by atoms with Crippen LogP contribution in [0.1, 0.15) is 22.3 Å². The Balaban J connectivity index is 1.69. The van der Waals surface area contributed by atoms with E-state index in [4.69, 9.17) is 5.11 Å². The largest absolute Gasteiger partial charge is 0.507 e. The highest BCUT2D eigenvalue weighted by atomic mass is 16.4. The maximum absolute atomic E-state index is 11.8. The average molecular weight is 357 g/mol. The number of nitrogens with zero attached hydrogens (tertiary/aromatic N) is 1. The van der Waals surface area contributed by atoms with Gasteiger partial charge < -0.3 is 25.7 Å². The molecule has 0 saturated heterocycles. The fourth-order valence-corrected chi connectivity index (χ4v) is 2.49. The van der Waals surface area contributed by atoms with E-state index in [1.54, 1.807) is 0 Å². The molecule has 138 valence electrons. The summed E-state index contributed by atoms with van der Waals surface area (Å²) in [5.41, 5.74) is 1.36. The lowest BCUT2D eigenvalue weighted by Crippen LogP contribution is -2.31. The van der Waals surface area contributed by atoms with E-state index in [1.165, 1.54) is 23.8 Å². The molecule has 0 bridgehead atoms. The Morgan fingerprint density at radius 2 is 1.85 bits per heavy atom. The number of amides is 2. The van der Waals surface area contributed by atoms with Gasteiger partial charge in [0.05, 0.1) is 0 Å². The fourth-order valence-electron chi connectivity index (χ4n) is 2.49. The molecule has 0 aromatic heterocycles. The minimum Gasteiger partial charge on any atom is -0.507 e. The van der Waals surface area contributed by atoms with Gasteiger partial charge in [-0.1, -0.05) is 30.3 Å². The minimum absolute atomic E-state index is 0.211. The van der Waals surface area contributed by atoms with Crippen molar-refractivity contribution in [3.05, 3.63) is 59.7 Å². The van der Waals surface area contributed by atoms with Crippen LogP contribution in [0.4, 0.5) is 10.5 Å². The number of phenols is 1. The number of rotatable bonds is 8. The van der Waals surface area contributed by atoms with E-state index in [2.05, 4.69) is 27.7 Å². The van der Waals surface area contributed by atoms with Crippen molar-refractivity contribution in [3.63, 3.8) is 0 Å². The topological polar surface area (TPSA) is 102 Å². The van der Waals surface area contributed by atoms with Crippen LogP contribution < -0.4 is 10.6 Å². The Kier molecular flexibility index (Phi) is 6.99. The van der Waals surface area contributed by atoms with Crippen LogP contribution >= 0.6 is 0 Å². The summed E-state index contributed by atoms with van der Waals surface area (Å²) < 4.78 is 0. The molecule has 0 aliphatic heterocycles. The van der Waals surface area contributed by atoms with Crippen molar-refractivity contribution in [2.45, 2.75) is 13.0 Å². The fraction of sp³-hybridized carbons (Fsp3) is 0.263. The predicted octanol–water partition coefficient (Wildman–Crippen LogP) is 2.73. The van der Waals surface area contributed by atoms with Crippen LogP contribution in [-0.2, 0) is 6.54 Å². The molecule has 2 aromatic carbocycles. The number of aromatic carboxylic acids is 1. The highest BCUT2D eigenvalue weighted by Crippen LogP contribution is 2.21. The Morgan fingerprint density at radius 1 is 1.12 bits per heavy atom. The number of carbonyl (C=O) groups is 2. The summed E-state index contributed by atoms with van der Waals surface area (Å²) in [4.78, 5) is 24.9. The first kappa shape index (κ1) is 19.3. The van der Waals surface area contributed by atoms with E-state index >= 15 is 0 Å². The van der Waals surface area contributed by atoms with Gasteiger partial charge in [-0.05, 0) is 37.7 Å². The smallest absolute Gasteiger partial charge is 0.339 e. The number of benzene rings is 2. The maximum Gasteiger partial charge on any atom is 0.339 e. The lowest BCUT2D eigenvalue weighted by Gasteiger charge is -2.16. The molecule has 7 nitrogen and oxygen atoms in total. The molecule has 0 unspecified atom stereocenters. The molecule has 26 heavy (non-hydrogen) atoms. The van der Waals surface area contributed by atoms with E-state index in [9.17, 15) is 14.7 Å². The van der Waals surface area contributed by atoms with Crippen molar-refractivity contribution in [2.75, 3.05) is 25.5 Å². The number of hydrogen-bond acceptors (Lipinski definition) is 4. The van der Waals surface area contributed by atoms with Crippen LogP contribution in [0.2, 0.25) is 0 Å². The number of carboxylic acids is 1. The summed E-state index contributed by atoms with van der Waals surface area (Å²) in [6, 6.07) is 13.6.